The molecule has 0 N–H and O–H groups in total. The molecule has 0 spiro atoms. The van der Waals surface area contributed by atoms with Crippen molar-refractivity contribution in [3.63, 3.8) is 0 Å². The third-order valence-corrected chi connectivity index (χ3v) is 1.35. The molecule has 0 aromatic rings. The van der Waals surface area contributed by atoms with Crippen LogP contribution in [0, 0.1) is 0 Å². The first-order valence-electron chi connectivity index (χ1n) is 2.59. The topological polar surface area (TPSA) is 0 Å². The third-order valence-electron chi connectivity index (χ3n) is 1.35. The van der Waals surface area contributed by atoms with Crippen LogP contribution >= 0.6 is 0 Å². The van der Waals surface area contributed by atoms with Crippen LogP contribution in [0.15, 0.2) is 11.7 Å². The summed E-state index contributed by atoms with van der Waals surface area (Å²) in [6.07, 6.45) is -1.86. The number of allylic oxidation sites excluding steroid dienone is 2. The van der Waals surface area contributed by atoms with Gasteiger partial charge in [-0.15, -0.1) is 0 Å². The summed E-state index contributed by atoms with van der Waals surface area (Å²) < 4.78 is 71.5. The van der Waals surface area contributed by atoms with Crippen LogP contribution in [0.5, 0.6) is 0 Å². The van der Waals surface area contributed by atoms with Crippen LogP contribution < -0.4 is 0 Å². The van der Waals surface area contributed by atoms with Gasteiger partial charge in [-0.2, -0.15) is 17.6 Å². The Hall–Kier alpha value is -0.680. The maximum absolute atomic E-state index is 12.0. The van der Waals surface area contributed by atoms with Gasteiger partial charge in [-0.3, -0.25) is 0 Å². The molecule has 0 fully saturated rings. The molecular formula is C5H2F6. The fraction of sp³-hybridized carbons (Fsp3) is 0.600. The van der Waals surface area contributed by atoms with Crippen LogP contribution in [0.3, 0.4) is 0 Å². The maximum atomic E-state index is 12.0. The zero-order valence-electron chi connectivity index (χ0n) is 4.97. The van der Waals surface area contributed by atoms with Crippen molar-refractivity contribution in [2.24, 2.45) is 0 Å². The predicted molar refractivity (Wildman–Crippen MR) is 23.8 cm³/mol. The van der Waals surface area contributed by atoms with Crippen molar-refractivity contribution < 1.29 is 26.3 Å². The summed E-state index contributed by atoms with van der Waals surface area (Å²) in [7, 11) is 0. The number of halogens is 6. The molecule has 1 aliphatic carbocycles. The highest BCUT2D eigenvalue weighted by Gasteiger charge is 2.66. The zero-order valence-corrected chi connectivity index (χ0v) is 4.97. The normalized spacial score (nSPS) is 27.8. The lowest BCUT2D eigenvalue weighted by Gasteiger charge is -2.16. The average Bonchev–Trinajstić information content (AvgIpc) is 1.93. The Morgan fingerprint density at radius 1 is 1.00 bits per heavy atom. The Balaban J connectivity index is 3.08. The van der Waals surface area contributed by atoms with E-state index >= 15 is 0 Å². The molecule has 0 saturated carbocycles. The smallest absolute Gasteiger partial charge is 0.208 e. The molecule has 1 aliphatic rings. The van der Waals surface area contributed by atoms with Gasteiger partial charge in [0.05, 0.1) is 6.42 Å². The molecule has 0 nitrogen and oxygen atoms in total. The highest BCUT2D eigenvalue weighted by Crippen LogP contribution is 2.51. The SMILES string of the molecule is FC1=C(F)C(F)(F)C(F)(F)C1. The van der Waals surface area contributed by atoms with E-state index in [1.54, 1.807) is 0 Å². The van der Waals surface area contributed by atoms with E-state index in [-0.39, 0.29) is 0 Å². The van der Waals surface area contributed by atoms with Gasteiger partial charge in [0.2, 0.25) is 5.83 Å². The standard InChI is InChI=1S/C5H2F6/c6-2-1-4(8,9)5(10,11)3(2)7/h1H2. The summed E-state index contributed by atoms with van der Waals surface area (Å²) >= 11 is 0. The van der Waals surface area contributed by atoms with Crippen LogP contribution in [-0.2, 0) is 0 Å². The molecule has 0 saturated heterocycles. The lowest BCUT2D eigenvalue weighted by Crippen LogP contribution is -2.36. The first-order valence-corrected chi connectivity index (χ1v) is 2.59. The van der Waals surface area contributed by atoms with Crippen LogP contribution in [0.2, 0.25) is 0 Å². The van der Waals surface area contributed by atoms with Gasteiger partial charge in [-0.1, -0.05) is 0 Å². The van der Waals surface area contributed by atoms with Gasteiger partial charge in [-0.05, 0) is 0 Å². The molecule has 0 aromatic heterocycles. The van der Waals surface area contributed by atoms with Crippen molar-refractivity contribution in [1.29, 1.82) is 0 Å². The van der Waals surface area contributed by atoms with E-state index in [0.29, 0.717) is 0 Å². The van der Waals surface area contributed by atoms with Crippen molar-refractivity contribution in [2.75, 3.05) is 0 Å². The van der Waals surface area contributed by atoms with Gasteiger partial charge in [0.1, 0.15) is 5.83 Å². The molecule has 0 aliphatic heterocycles. The molecular weight excluding hydrogens is 174 g/mol. The summed E-state index contributed by atoms with van der Waals surface area (Å²) in [5, 5.41) is 0. The Morgan fingerprint density at radius 2 is 1.45 bits per heavy atom. The van der Waals surface area contributed by atoms with Crippen LogP contribution in [-0.4, -0.2) is 11.8 Å². The van der Waals surface area contributed by atoms with E-state index in [1.807, 2.05) is 0 Å². The quantitative estimate of drug-likeness (QED) is 0.498. The van der Waals surface area contributed by atoms with Crippen molar-refractivity contribution in [3.8, 4) is 0 Å². The first kappa shape index (κ1) is 8.42. The van der Waals surface area contributed by atoms with E-state index < -0.39 is 29.9 Å². The molecule has 0 aromatic carbocycles. The van der Waals surface area contributed by atoms with Crippen LogP contribution in [0.1, 0.15) is 6.42 Å². The van der Waals surface area contributed by atoms with E-state index in [1.165, 1.54) is 0 Å². The van der Waals surface area contributed by atoms with E-state index in [4.69, 9.17) is 0 Å². The van der Waals surface area contributed by atoms with Gasteiger partial charge >= 0.3 is 11.8 Å². The number of hydrogen-bond donors (Lipinski definition) is 0. The van der Waals surface area contributed by atoms with Crippen molar-refractivity contribution in [3.05, 3.63) is 11.7 Å². The van der Waals surface area contributed by atoms with Crippen LogP contribution in [0.4, 0.5) is 26.3 Å². The number of rotatable bonds is 0. The lowest BCUT2D eigenvalue weighted by molar-refractivity contribution is -0.180. The van der Waals surface area contributed by atoms with E-state index in [9.17, 15) is 26.3 Å². The Morgan fingerprint density at radius 3 is 1.55 bits per heavy atom. The fourth-order valence-electron chi connectivity index (χ4n) is 0.714. The van der Waals surface area contributed by atoms with Gasteiger partial charge < -0.3 is 0 Å². The van der Waals surface area contributed by atoms with Gasteiger partial charge in [0, 0.05) is 0 Å². The summed E-state index contributed by atoms with van der Waals surface area (Å²) in [6.45, 7) is 0. The first-order chi connectivity index (χ1) is 4.79. The Bertz CT molecular complexity index is 215. The molecule has 6 heteroatoms. The third kappa shape index (κ3) is 0.918. The molecule has 0 heterocycles. The van der Waals surface area contributed by atoms with Crippen molar-refractivity contribution in [2.45, 2.75) is 18.3 Å². The lowest BCUT2D eigenvalue weighted by atomic mass is 10.2. The molecule has 0 amide bonds. The van der Waals surface area contributed by atoms with Gasteiger partial charge in [0.15, 0.2) is 0 Å². The zero-order chi connectivity index (χ0) is 8.86. The average molecular weight is 176 g/mol. The molecule has 0 bridgehead atoms. The van der Waals surface area contributed by atoms with Gasteiger partial charge in [0.25, 0.3) is 0 Å². The largest absolute Gasteiger partial charge is 0.363 e. The van der Waals surface area contributed by atoms with Crippen molar-refractivity contribution in [1.82, 2.24) is 0 Å². The minimum absolute atomic E-state index is 1.86. The Labute approximate surface area is 57.5 Å². The monoisotopic (exact) mass is 176 g/mol. The number of alkyl halides is 4. The van der Waals surface area contributed by atoms with Crippen LogP contribution in [0.25, 0.3) is 0 Å². The molecule has 0 unspecified atom stereocenters. The number of hydrogen-bond acceptors (Lipinski definition) is 0. The Kier molecular flexibility index (Phi) is 1.47. The highest BCUT2D eigenvalue weighted by molar-refractivity contribution is 5.23. The summed E-state index contributed by atoms with van der Waals surface area (Å²) in [5.74, 6) is -14.3. The molecule has 1 rings (SSSR count). The minimum atomic E-state index is -4.98. The molecule has 0 radical (unpaired) electrons. The highest BCUT2D eigenvalue weighted by atomic mass is 19.3. The molecule has 0 atom stereocenters. The summed E-state index contributed by atoms with van der Waals surface area (Å²) in [6, 6.07) is 0. The van der Waals surface area contributed by atoms with Gasteiger partial charge in [-0.25, -0.2) is 8.78 Å². The second kappa shape index (κ2) is 1.92. The van der Waals surface area contributed by atoms with E-state index in [0.717, 1.165) is 0 Å². The predicted octanol–water partition coefficient (Wildman–Crippen LogP) is 2.81. The second-order valence-electron chi connectivity index (χ2n) is 2.17. The molecule has 64 valence electrons. The minimum Gasteiger partial charge on any atom is -0.208 e. The summed E-state index contributed by atoms with van der Waals surface area (Å²) in [4.78, 5) is 0. The molecule has 11 heavy (non-hydrogen) atoms. The fourth-order valence-corrected chi connectivity index (χ4v) is 0.714. The van der Waals surface area contributed by atoms with Crippen molar-refractivity contribution >= 4 is 0 Å². The maximum Gasteiger partial charge on any atom is 0.363 e. The summed E-state index contributed by atoms with van der Waals surface area (Å²) in [5.41, 5.74) is 0. The van der Waals surface area contributed by atoms with E-state index in [2.05, 4.69) is 0 Å². The second-order valence-corrected chi connectivity index (χ2v) is 2.17.